The van der Waals surface area contributed by atoms with Crippen LogP contribution in [0.2, 0.25) is 5.15 Å². The highest BCUT2D eigenvalue weighted by Gasteiger charge is 2.12. The van der Waals surface area contributed by atoms with Gasteiger partial charge in [0.05, 0.1) is 5.56 Å². The second-order valence-electron chi connectivity index (χ2n) is 4.98. The summed E-state index contributed by atoms with van der Waals surface area (Å²) in [6.07, 6.45) is 1.57. The number of ketones is 1. The number of aromatic nitrogens is 1. The summed E-state index contributed by atoms with van der Waals surface area (Å²) in [6, 6.07) is 10.8. The third-order valence-corrected chi connectivity index (χ3v) is 3.34. The van der Waals surface area contributed by atoms with E-state index in [9.17, 15) is 4.79 Å². The molecular weight excluding hydrogens is 286 g/mol. The van der Waals surface area contributed by atoms with Crippen LogP contribution in [0.15, 0.2) is 42.6 Å². The molecule has 0 aliphatic rings. The van der Waals surface area contributed by atoms with Crippen molar-refractivity contribution in [1.29, 1.82) is 0 Å². The highest BCUT2D eigenvalue weighted by Crippen LogP contribution is 2.18. The largest absolute Gasteiger partial charge is 0.384 e. The molecule has 1 heterocycles. The number of carbonyl (C=O) groups is 1. The maximum absolute atomic E-state index is 12.3. The Labute approximate surface area is 129 Å². The number of likely N-dealkylation sites (N-methyl/N-ethyl adjacent to an activating group) is 1. The van der Waals surface area contributed by atoms with Crippen LogP contribution in [0, 0.1) is 0 Å². The number of pyridine rings is 1. The molecule has 0 bridgehead atoms. The van der Waals surface area contributed by atoms with Crippen molar-refractivity contribution in [1.82, 2.24) is 9.88 Å². The Kier molecular flexibility index (Phi) is 5.31. The zero-order valence-electron chi connectivity index (χ0n) is 12.1. The number of benzene rings is 1. The van der Waals surface area contributed by atoms with Crippen molar-refractivity contribution in [3.05, 3.63) is 58.9 Å². The summed E-state index contributed by atoms with van der Waals surface area (Å²) in [5.74, 6) is -0.118. The van der Waals surface area contributed by atoms with Crippen LogP contribution in [0.5, 0.6) is 0 Å². The molecule has 0 radical (unpaired) electrons. The monoisotopic (exact) mass is 303 g/mol. The minimum absolute atomic E-state index is 0.118. The summed E-state index contributed by atoms with van der Waals surface area (Å²) < 4.78 is 0. The second kappa shape index (κ2) is 7.20. The van der Waals surface area contributed by atoms with E-state index in [1.807, 2.05) is 26.2 Å². The number of nitrogens with zero attached hydrogens (tertiary/aromatic N) is 2. The first-order chi connectivity index (χ1) is 10.1. The van der Waals surface area contributed by atoms with Crippen LogP contribution >= 0.6 is 11.6 Å². The summed E-state index contributed by atoms with van der Waals surface area (Å²) in [6.45, 7) is 1.81. The quantitative estimate of drug-likeness (QED) is 0.658. The zero-order valence-corrected chi connectivity index (χ0v) is 12.9. The van der Waals surface area contributed by atoms with E-state index >= 15 is 0 Å². The highest BCUT2D eigenvalue weighted by atomic mass is 35.5. The van der Waals surface area contributed by atoms with Gasteiger partial charge in [0.1, 0.15) is 5.15 Å². The van der Waals surface area contributed by atoms with E-state index in [4.69, 9.17) is 11.6 Å². The van der Waals surface area contributed by atoms with Crippen molar-refractivity contribution in [2.45, 2.75) is 0 Å². The van der Waals surface area contributed by atoms with Crippen LogP contribution in [0.25, 0.3) is 0 Å². The molecule has 0 amide bonds. The number of hydrogen-bond donors (Lipinski definition) is 1. The third kappa shape index (κ3) is 4.28. The van der Waals surface area contributed by atoms with E-state index in [1.54, 1.807) is 30.5 Å². The van der Waals surface area contributed by atoms with Gasteiger partial charge in [-0.15, -0.1) is 0 Å². The summed E-state index contributed by atoms with van der Waals surface area (Å²) >= 11 is 5.95. The van der Waals surface area contributed by atoms with Gasteiger partial charge in [-0.1, -0.05) is 11.6 Å². The Hall–Kier alpha value is -1.91. The van der Waals surface area contributed by atoms with Crippen molar-refractivity contribution in [3.63, 3.8) is 0 Å². The molecule has 1 aromatic carbocycles. The first-order valence-electron chi connectivity index (χ1n) is 6.72. The van der Waals surface area contributed by atoms with E-state index in [-0.39, 0.29) is 10.9 Å². The Morgan fingerprint density at radius 3 is 2.57 bits per heavy atom. The van der Waals surface area contributed by atoms with Crippen molar-refractivity contribution in [3.8, 4) is 0 Å². The number of hydrogen-bond acceptors (Lipinski definition) is 4. The van der Waals surface area contributed by atoms with Crippen LogP contribution in [0.4, 0.5) is 5.69 Å². The van der Waals surface area contributed by atoms with E-state index in [1.165, 1.54) is 0 Å². The van der Waals surface area contributed by atoms with Crippen molar-refractivity contribution in [2.75, 3.05) is 32.5 Å². The number of rotatable bonds is 6. The SMILES string of the molecule is CN(C)CCNc1ccc(C(=O)c2cccnc2Cl)cc1. The van der Waals surface area contributed by atoms with Crippen molar-refractivity contribution < 1.29 is 4.79 Å². The van der Waals surface area contributed by atoms with Gasteiger partial charge >= 0.3 is 0 Å². The minimum atomic E-state index is -0.118. The molecule has 1 N–H and O–H groups in total. The lowest BCUT2D eigenvalue weighted by Gasteiger charge is -2.11. The van der Waals surface area contributed by atoms with E-state index < -0.39 is 0 Å². The molecule has 21 heavy (non-hydrogen) atoms. The normalized spacial score (nSPS) is 10.7. The number of halogens is 1. The molecule has 0 aliphatic heterocycles. The number of nitrogens with one attached hydrogen (secondary N) is 1. The molecule has 4 nitrogen and oxygen atoms in total. The lowest BCUT2D eigenvalue weighted by molar-refractivity contribution is 0.103. The van der Waals surface area contributed by atoms with Gasteiger partial charge in [0.15, 0.2) is 5.78 Å². The van der Waals surface area contributed by atoms with Gasteiger partial charge in [-0.05, 0) is 50.5 Å². The molecule has 0 aliphatic carbocycles. The third-order valence-electron chi connectivity index (χ3n) is 3.04. The fraction of sp³-hybridized carbons (Fsp3) is 0.250. The zero-order chi connectivity index (χ0) is 15.2. The molecule has 0 saturated heterocycles. The van der Waals surface area contributed by atoms with Crippen molar-refractivity contribution in [2.24, 2.45) is 0 Å². The van der Waals surface area contributed by atoms with Gasteiger partial charge in [0, 0.05) is 30.5 Å². The standard InChI is InChI=1S/C16H18ClN3O/c1-20(2)11-10-18-13-7-5-12(6-8-13)15(21)14-4-3-9-19-16(14)17/h3-9,18H,10-11H2,1-2H3. The average molecular weight is 304 g/mol. The Balaban J connectivity index is 2.05. The van der Waals surface area contributed by atoms with Gasteiger partial charge in [-0.25, -0.2) is 4.98 Å². The topological polar surface area (TPSA) is 45.2 Å². The van der Waals surface area contributed by atoms with Crippen LogP contribution in [-0.4, -0.2) is 42.9 Å². The first-order valence-corrected chi connectivity index (χ1v) is 7.09. The molecule has 0 unspecified atom stereocenters. The molecule has 0 atom stereocenters. The maximum atomic E-state index is 12.3. The Morgan fingerprint density at radius 2 is 1.95 bits per heavy atom. The molecule has 5 heteroatoms. The fourth-order valence-corrected chi connectivity index (χ4v) is 2.08. The van der Waals surface area contributed by atoms with Gasteiger partial charge in [0.2, 0.25) is 0 Å². The average Bonchev–Trinajstić information content (AvgIpc) is 2.47. The molecule has 2 rings (SSSR count). The molecule has 0 spiro atoms. The number of carbonyl (C=O) groups excluding carboxylic acids is 1. The molecule has 0 saturated carbocycles. The predicted molar refractivity (Wildman–Crippen MR) is 86.2 cm³/mol. The van der Waals surface area contributed by atoms with Crippen molar-refractivity contribution >= 4 is 23.1 Å². The van der Waals surface area contributed by atoms with Gasteiger partial charge in [-0.3, -0.25) is 4.79 Å². The molecule has 1 aromatic heterocycles. The van der Waals surface area contributed by atoms with E-state index in [0.717, 1.165) is 18.8 Å². The first kappa shape index (κ1) is 15.5. The van der Waals surface area contributed by atoms with Gasteiger partial charge in [0.25, 0.3) is 0 Å². The van der Waals surface area contributed by atoms with Gasteiger partial charge < -0.3 is 10.2 Å². The smallest absolute Gasteiger partial charge is 0.196 e. The summed E-state index contributed by atoms with van der Waals surface area (Å²) in [7, 11) is 4.06. The summed E-state index contributed by atoms with van der Waals surface area (Å²) in [5.41, 5.74) is 2.02. The Bertz CT molecular complexity index is 611. The van der Waals surface area contributed by atoms with Crippen LogP contribution in [-0.2, 0) is 0 Å². The highest BCUT2D eigenvalue weighted by molar-refractivity contribution is 6.33. The maximum Gasteiger partial charge on any atom is 0.196 e. The Morgan fingerprint density at radius 1 is 1.24 bits per heavy atom. The lowest BCUT2D eigenvalue weighted by Crippen LogP contribution is -2.20. The van der Waals surface area contributed by atoms with E-state index in [2.05, 4.69) is 15.2 Å². The summed E-state index contributed by atoms with van der Waals surface area (Å²) in [4.78, 5) is 18.4. The molecule has 110 valence electrons. The van der Waals surface area contributed by atoms with Crippen LogP contribution in [0.3, 0.4) is 0 Å². The fourth-order valence-electron chi connectivity index (χ4n) is 1.87. The molecule has 2 aromatic rings. The molecule has 0 fully saturated rings. The second-order valence-corrected chi connectivity index (χ2v) is 5.34. The molecular formula is C16H18ClN3O. The number of anilines is 1. The summed E-state index contributed by atoms with van der Waals surface area (Å²) in [5, 5.41) is 3.53. The minimum Gasteiger partial charge on any atom is -0.384 e. The predicted octanol–water partition coefficient (Wildman–Crippen LogP) is 2.94. The van der Waals surface area contributed by atoms with Crippen LogP contribution < -0.4 is 5.32 Å². The lowest BCUT2D eigenvalue weighted by atomic mass is 10.0. The van der Waals surface area contributed by atoms with E-state index in [0.29, 0.717) is 11.1 Å². The van der Waals surface area contributed by atoms with Crippen LogP contribution in [0.1, 0.15) is 15.9 Å². The van der Waals surface area contributed by atoms with Gasteiger partial charge in [-0.2, -0.15) is 0 Å².